The molecule has 0 spiro atoms. The third-order valence-electron chi connectivity index (χ3n) is 4.87. The number of benzene rings is 3. The number of hydrogen-bond donors (Lipinski definition) is 2. The maximum absolute atomic E-state index is 13.5. The van der Waals surface area contributed by atoms with Gasteiger partial charge in [-0.3, -0.25) is 14.5 Å². The number of Topliss-reactive ketones (excluding diaryl/α,β-unsaturated/α-hetero) is 1. The number of anilines is 1. The Hall–Kier alpha value is -3.64. The van der Waals surface area contributed by atoms with Crippen LogP contribution in [0.15, 0.2) is 78.4 Å². The molecule has 1 saturated heterocycles. The van der Waals surface area contributed by atoms with Gasteiger partial charge in [0.25, 0.3) is 11.7 Å². The van der Waals surface area contributed by atoms with Crippen molar-refractivity contribution in [2.24, 2.45) is 0 Å². The van der Waals surface area contributed by atoms with Crippen molar-refractivity contribution in [2.75, 3.05) is 4.90 Å². The summed E-state index contributed by atoms with van der Waals surface area (Å²) in [4.78, 5) is 27.0. The molecule has 5 nitrogen and oxygen atoms in total. The number of hydrogen-bond acceptors (Lipinski definition) is 4. The van der Waals surface area contributed by atoms with Gasteiger partial charge in [-0.05, 0) is 42.0 Å². The van der Waals surface area contributed by atoms with Crippen LogP contribution in [0.3, 0.4) is 0 Å². The number of rotatable bonds is 3. The van der Waals surface area contributed by atoms with Gasteiger partial charge in [-0.25, -0.2) is 4.39 Å². The lowest BCUT2D eigenvalue weighted by Crippen LogP contribution is -2.29. The number of aromatic hydroxyl groups is 1. The normalized spacial score (nSPS) is 18.1. The zero-order valence-electron chi connectivity index (χ0n) is 15.4. The van der Waals surface area contributed by atoms with E-state index in [2.05, 4.69) is 0 Å². The smallest absolute Gasteiger partial charge is 0.300 e. The lowest BCUT2D eigenvalue weighted by Gasteiger charge is -2.26. The van der Waals surface area contributed by atoms with Crippen molar-refractivity contribution in [2.45, 2.75) is 6.04 Å². The van der Waals surface area contributed by atoms with Crippen molar-refractivity contribution in [1.82, 2.24) is 0 Å². The number of carbonyl (C=O) groups excluding carboxylic acids is 2. The summed E-state index contributed by atoms with van der Waals surface area (Å²) in [6.07, 6.45) is 0. The number of aliphatic hydroxyl groups excluding tert-OH is 1. The number of phenolic OH excluding ortho intramolecular Hbond substituents is 1. The van der Waals surface area contributed by atoms with Crippen LogP contribution in [-0.4, -0.2) is 21.9 Å². The molecule has 3 aromatic rings. The number of ketones is 1. The Balaban J connectivity index is 1.98. The molecule has 0 radical (unpaired) electrons. The van der Waals surface area contributed by atoms with Crippen LogP contribution in [0.4, 0.5) is 10.1 Å². The number of carbonyl (C=O) groups is 2. The lowest BCUT2D eigenvalue weighted by molar-refractivity contribution is -0.132. The van der Waals surface area contributed by atoms with Crippen LogP contribution in [0.25, 0.3) is 5.76 Å². The molecule has 1 aliphatic heterocycles. The zero-order chi connectivity index (χ0) is 21.4. The Labute approximate surface area is 176 Å². The Morgan fingerprint density at radius 1 is 0.967 bits per heavy atom. The van der Waals surface area contributed by atoms with Crippen LogP contribution < -0.4 is 4.90 Å². The number of nitrogens with zero attached hydrogens (tertiary/aromatic N) is 1. The van der Waals surface area contributed by atoms with Gasteiger partial charge < -0.3 is 10.2 Å². The maximum Gasteiger partial charge on any atom is 0.300 e. The summed E-state index contributed by atoms with van der Waals surface area (Å²) in [5, 5.41) is 21.6. The molecule has 0 aromatic heterocycles. The molecule has 1 aliphatic rings. The van der Waals surface area contributed by atoms with Crippen LogP contribution in [-0.2, 0) is 9.59 Å². The molecule has 0 aliphatic carbocycles. The molecular weight excluding hydrogens is 409 g/mol. The molecule has 0 saturated carbocycles. The Morgan fingerprint density at radius 3 is 2.33 bits per heavy atom. The van der Waals surface area contributed by atoms with E-state index < -0.39 is 29.3 Å². The average Bonchev–Trinajstić information content (AvgIpc) is 2.99. The van der Waals surface area contributed by atoms with Crippen molar-refractivity contribution < 1.29 is 24.2 Å². The van der Waals surface area contributed by atoms with Gasteiger partial charge in [0, 0.05) is 10.6 Å². The summed E-state index contributed by atoms with van der Waals surface area (Å²) in [5.41, 5.74) is 0.559. The second-order valence-electron chi connectivity index (χ2n) is 6.72. The molecule has 2 N–H and O–H groups in total. The summed E-state index contributed by atoms with van der Waals surface area (Å²) >= 11 is 6.01. The third-order valence-corrected chi connectivity index (χ3v) is 5.10. The molecule has 1 unspecified atom stereocenters. The highest BCUT2D eigenvalue weighted by atomic mass is 35.5. The molecule has 1 fully saturated rings. The number of halogens is 2. The van der Waals surface area contributed by atoms with Crippen LogP contribution in [0.5, 0.6) is 5.75 Å². The SMILES string of the molecule is O=C1C(=O)N(c2ccccc2O)C(c2ccc(F)cc2)/C1=C(\O)c1cccc(Cl)c1. The van der Waals surface area contributed by atoms with Crippen LogP contribution in [0, 0.1) is 5.82 Å². The standard InChI is InChI=1S/C23H15ClFNO4/c24-15-5-3-4-14(12-15)21(28)19-20(13-8-10-16(25)11-9-13)26(23(30)22(19)29)17-6-1-2-7-18(17)27/h1-12,20,27-28H/b21-19+. The fourth-order valence-corrected chi connectivity index (χ4v) is 3.69. The largest absolute Gasteiger partial charge is 0.507 e. The maximum atomic E-state index is 13.5. The van der Waals surface area contributed by atoms with Gasteiger partial charge in [-0.2, -0.15) is 0 Å². The van der Waals surface area contributed by atoms with Crippen molar-refractivity contribution >= 4 is 34.7 Å². The predicted molar refractivity (Wildman–Crippen MR) is 111 cm³/mol. The van der Waals surface area contributed by atoms with Gasteiger partial charge in [0.2, 0.25) is 0 Å². The summed E-state index contributed by atoms with van der Waals surface area (Å²) < 4.78 is 13.5. The first-order valence-corrected chi connectivity index (χ1v) is 9.36. The van der Waals surface area contributed by atoms with E-state index in [0.717, 1.165) is 4.90 Å². The number of para-hydroxylation sites is 2. The minimum absolute atomic E-state index is 0.0964. The van der Waals surface area contributed by atoms with E-state index in [1.807, 2.05) is 0 Å². The predicted octanol–water partition coefficient (Wildman–Crippen LogP) is 4.81. The van der Waals surface area contributed by atoms with E-state index in [1.54, 1.807) is 30.3 Å². The summed E-state index contributed by atoms with van der Waals surface area (Å²) in [6, 6.07) is 16.4. The number of phenols is 1. The molecule has 1 atom stereocenters. The Kier molecular flexibility index (Phi) is 5.01. The van der Waals surface area contributed by atoms with Crippen LogP contribution >= 0.6 is 11.6 Å². The highest BCUT2D eigenvalue weighted by molar-refractivity contribution is 6.52. The van der Waals surface area contributed by atoms with E-state index in [0.29, 0.717) is 10.6 Å². The molecular formula is C23H15ClFNO4. The quantitative estimate of drug-likeness (QED) is 0.360. The highest BCUT2D eigenvalue weighted by Crippen LogP contribution is 2.44. The second-order valence-corrected chi connectivity index (χ2v) is 7.16. The topological polar surface area (TPSA) is 77.8 Å². The molecule has 3 aromatic carbocycles. The van der Waals surface area contributed by atoms with Crippen molar-refractivity contribution in [3.8, 4) is 5.75 Å². The molecule has 7 heteroatoms. The molecule has 30 heavy (non-hydrogen) atoms. The summed E-state index contributed by atoms with van der Waals surface area (Å²) in [7, 11) is 0. The first kappa shape index (κ1) is 19.7. The molecule has 1 heterocycles. The number of aliphatic hydroxyl groups is 1. The number of amides is 1. The molecule has 0 bridgehead atoms. The van der Waals surface area contributed by atoms with E-state index in [4.69, 9.17) is 11.6 Å². The highest BCUT2D eigenvalue weighted by Gasteiger charge is 2.47. The van der Waals surface area contributed by atoms with Gasteiger partial charge >= 0.3 is 0 Å². The Bertz CT molecular complexity index is 1190. The van der Waals surface area contributed by atoms with E-state index in [-0.39, 0.29) is 22.6 Å². The minimum Gasteiger partial charge on any atom is -0.507 e. The first-order chi connectivity index (χ1) is 14.4. The fourth-order valence-electron chi connectivity index (χ4n) is 3.50. The second kappa shape index (κ2) is 7.65. The first-order valence-electron chi connectivity index (χ1n) is 8.99. The van der Waals surface area contributed by atoms with E-state index in [1.165, 1.54) is 42.5 Å². The van der Waals surface area contributed by atoms with Gasteiger partial charge in [-0.15, -0.1) is 0 Å². The summed E-state index contributed by atoms with van der Waals surface area (Å²) in [6.45, 7) is 0. The fraction of sp³-hybridized carbons (Fsp3) is 0.0435. The van der Waals surface area contributed by atoms with Crippen LogP contribution in [0.2, 0.25) is 5.02 Å². The molecule has 4 rings (SSSR count). The third kappa shape index (κ3) is 3.31. The van der Waals surface area contributed by atoms with E-state index >= 15 is 0 Å². The monoisotopic (exact) mass is 423 g/mol. The Morgan fingerprint density at radius 2 is 1.67 bits per heavy atom. The van der Waals surface area contributed by atoms with Gasteiger partial charge in [-0.1, -0.05) is 48.0 Å². The van der Waals surface area contributed by atoms with Crippen molar-refractivity contribution in [3.63, 3.8) is 0 Å². The molecule has 150 valence electrons. The lowest BCUT2D eigenvalue weighted by atomic mass is 9.95. The van der Waals surface area contributed by atoms with Gasteiger partial charge in [0.05, 0.1) is 17.3 Å². The van der Waals surface area contributed by atoms with E-state index in [9.17, 15) is 24.2 Å². The summed E-state index contributed by atoms with van der Waals surface area (Å²) in [5.74, 6) is -2.97. The minimum atomic E-state index is -1.07. The zero-order valence-corrected chi connectivity index (χ0v) is 16.2. The van der Waals surface area contributed by atoms with Crippen molar-refractivity contribution in [1.29, 1.82) is 0 Å². The molecule has 1 amide bonds. The average molecular weight is 424 g/mol. The van der Waals surface area contributed by atoms with Crippen molar-refractivity contribution in [3.05, 3.63) is 100 Å². The van der Waals surface area contributed by atoms with Crippen LogP contribution in [0.1, 0.15) is 17.2 Å². The van der Waals surface area contributed by atoms with Gasteiger partial charge in [0.15, 0.2) is 0 Å². The van der Waals surface area contributed by atoms with Gasteiger partial charge in [0.1, 0.15) is 17.3 Å².